The van der Waals surface area contributed by atoms with Gasteiger partial charge in [0.1, 0.15) is 0 Å². The number of aryl methyl sites for hydroxylation is 6. The summed E-state index contributed by atoms with van der Waals surface area (Å²) < 4.78 is 2.60. The molecule has 2 aliphatic rings. The van der Waals surface area contributed by atoms with Crippen LogP contribution in [0.1, 0.15) is 117 Å². The molecule has 0 aliphatic heterocycles. The number of benzene rings is 5. The Balaban J connectivity index is 1.15. The summed E-state index contributed by atoms with van der Waals surface area (Å²) in [6.45, 7) is 10.2. The number of fused-ring (bicyclic) bond motifs is 7. The van der Waals surface area contributed by atoms with Crippen LogP contribution in [0.2, 0.25) is 0 Å². The van der Waals surface area contributed by atoms with Gasteiger partial charge in [-0.05, 0) is 139 Å². The highest BCUT2D eigenvalue weighted by atomic mass is 15.0. The van der Waals surface area contributed by atoms with E-state index in [0.717, 1.165) is 6.54 Å². The fourth-order valence-corrected chi connectivity index (χ4v) is 9.45. The van der Waals surface area contributed by atoms with Crippen molar-refractivity contribution in [3.05, 3.63) is 130 Å². The molecule has 0 bridgehead atoms. The molecule has 0 fully saturated rings. The Hall–Kier alpha value is -4.10. The molecular formula is C49H55N. The van der Waals surface area contributed by atoms with Crippen LogP contribution >= 0.6 is 0 Å². The van der Waals surface area contributed by atoms with E-state index in [2.05, 4.69) is 123 Å². The maximum absolute atomic E-state index is 2.60. The maximum atomic E-state index is 2.60. The molecule has 0 unspecified atom stereocenters. The third-order valence-corrected chi connectivity index (χ3v) is 12.3. The second kappa shape index (κ2) is 13.9. The summed E-state index contributed by atoms with van der Waals surface area (Å²) in [6, 6.07) is 36.3. The van der Waals surface area contributed by atoms with E-state index in [0.29, 0.717) is 0 Å². The number of aromatic nitrogens is 1. The van der Waals surface area contributed by atoms with E-state index in [1.165, 1.54) is 144 Å². The van der Waals surface area contributed by atoms with Crippen LogP contribution in [0.25, 0.3) is 44.1 Å². The molecule has 5 aromatic carbocycles. The molecule has 50 heavy (non-hydrogen) atoms. The standard InChI is InChI=1S/C49H55N/c1-5-7-10-26-49(27-11-8-6-2)45-30-35(4)14-22-41(45)42-23-20-40(33-46(42)49)39-21-25-48-44(32-39)43-29-34(3)15-24-47(43)50(48)28-12-9-13-36-16-17-37-18-19-38(37)31-36/h14-17,20-25,29-33H,5-13,18-19,26-28H2,1-4H3. The molecule has 1 aromatic heterocycles. The number of hydrogen-bond acceptors (Lipinski definition) is 0. The largest absolute Gasteiger partial charge is 0.340 e. The molecule has 1 heterocycles. The Kier molecular flexibility index (Phi) is 9.19. The minimum atomic E-state index is 0.106. The van der Waals surface area contributed by atoms with Crippen molar-refractivity contribution >= 4 is 21.8 Å². The summed E-state index contributed by atoms with van der Waals surface area (Å²) in [5, 5.41) is 2.78. The molecular weight excluding hydrogens is 603 g/mol. The highest BCUT2D eigenvalue weighted by Crippen LogP contribution is 2.55. The van der Waals surface area contributed by atoms with Crippen molar-refractivity contribution in [2.24, 2.45) is 0 Å². The summed E-state index contributed by atoms with van der Waals surface area (Å²) in [5.41, 5.74) is 19.0. The molecule has 0 saturated heterocycles. The van der Waals surface area contributed by atoms with Crippen molar-refractivity contribution in [1.82, 2.24) is 4.57 Å². The van der Waals surface area contributed by atoms with Gasteiger partial charge in [-0.3, -0.25) is 0 Å². The molecule has 8 rings (SSSR count). The third kappa shape index (κ3) is 5.91. The van der Waals surface area contributed by atoms with Crippen molar-refractivity contribution in [2.75, 3.05) is 0 Å². The predicted molar refractivity (Wildman–Crippen MR) is 216 cm³/mol. The molecule has 0 atom stereocenters. The Morgan fingerprint density at radius 1 is 0.540 bits per heavy atom. The van der Waals surface area contributed by atoms with Crippen LogP contribution in [-0.4, -0.2) is 4.57 Å². The van der Waals surface area contributed by atoms with Crippen molar-refractivity contribution in [3.8, 4) is 22.3 Å². The smallest absolute Gasteiger partial charge is 0.0491 e. The fourth-order valence-electron chi connectivity index (χ4n) is 9.45. The van der Waals surface area contributed by atoms with Crippen molar-refractivity contribution in [2.45, 2.75) is 123 Å². The Morgan fingerprint density at radius 3 is 1.88 bits per heavy atom. The Morgan fingerprint density at radius 2 is 1.16 bits per heavy atom. The predicted octanol–water partition coefficient (Wildman–Crippen LogP) is 13.6. The van der Waals surface area contributed by atoms with E-state index in [1.54, 1.807) is 22.3 Å². The molecule has 0 amide bonds. The van der Waals surface area contributed by atoms with E-state index in [1.807, 2.05) is 0 Å². The molecule has 0 saturated carbocycles. The number of unbranched alkanes of at least 4 members (excludes halogenated alkanes) is 5. The normalized spacial score (nSPS) is 14.2. The van der Waals surface area contributed by atoms with Crippen molar-refractivity contribution < 1.29 is 0 Å². The summed E-state index contributed by atoms with van der Waals surface area (Å²) in [4.78, 5) is 0. The van der Waals surface area contributed by atoms with Crippen molar-refractivity contribution in [1.29, 1.82) is 0 Å². The fraction of sp³-hybridized carbons (Fsp3) is 0.388. The lowest BCUT2D eigenvalue weighted by Gasteiger charge is -2.33. The van der Waals surface area contributed by atoms with E-state index >= 15 is 0 Å². The number of nitrogens with zero attached hydrogens (tertiary/aromatic N) is 1. The van der Waals surface area contributed by atoms with Gasteiger partial charge in [0, 0.05) is 33.8 Å². The first kappa shape index (κ1) is 33.1. The van der Waals surface area contributed by atoms with E-state index in [-0.39, 0.29) is 5.41 Å². The zero-order chi connectivity index (χ0) is 34.2. The summed E-state index contributed by atoms with van der Waals surface area (Å²) in [5.74, 6) is 0. The summed E-state index contributed by atoms with van der Waals surface area (Å²) in [7, 11) is 0. The van der Waals surface area contributed by atoms with Gasteiger partial charge in [0.05, 0.1) is 0 Å². The first-order chi connectivity index (χ1) is 24.5. The topological polar surface area (TPSA) is 4.93 Å². The van der Waals surface area contributed by atoms with Gasteiger partial charge in [-0.15, -0.1) is 0 Å². The van der Waals surface area contributed by atoms with Gasteiger partial charge in [-0.2, -0.15) is 0 Å². The maximum Gasteiger partial charge on any atom is 0.0491 e. The zero-order valence-electron chi connectivity index (χ0n) is 31.0. The van der Waals surface area contributed by atoms with Gasteiger partial charge in [-0.25, -0.2) is 0 Å². The Labute approximate surface area is 300 Å². The monoisotopic (exact) mass is 657 g/mol. The minimum absolute atomic E-state index is 0.106. The lowest BCUT2D eigenvalue weighted by atomic mass is 9.70. The van der Waals surface area contributed by atoms with Gasteiger partial charge in [-0.1, -0.05) is 124 Å². The van der Waals surface area contributed by atoms with Gasteiger partial charge in [0.2, 0.25) is 0 Å². The zero-order valence-corrected chi connectivity index (χ0v) is 31.0. The van der Waals surface area contributed by atoms with Crippen molar-refractivity contribution in [3.63, 3.8) is 0 Å². The third-order valence-electron chi connectivity index (χ3n) is 12.3. The quantitative estimate of drug-likeness (QED) is 0.103. The molecule has 0 spiro atoms. The Bertz CT molecular complexity index is 2160. The highest BCUT2D eigenvalue weighted by Gasteiger charge is 2.42. The van der Waals surface area contributed by atoms with Gasteiger partial charge in [0.25, 0.3) is 0 Å². The highest BCUT2D eigenvalue weighted by molar-refractivity contribution is 6.09. The van der Waals surface area contributed by atoms with Crippen LogP contribution in [0.4, 0.5) is 0 Å². The van der Waals surface area contributed by atoms with Gasteiger partial charge >= 0.3 is 0 Å². The molecule has 256 valence electrons. The van der Waals surface area contributed by atoms with E-state index < -0.39 is 0 Å². The van der Waals surface area contributed by atoms with Crippen LogP contribution < -0.4 is 0 Å². The average Bonchev–Trinajstić information content (AvgIpc) is 3.56. The van der Waals surface area contributed by atoms with Crippen LogP contribution in [0, 0.1) is 13.8 Å². The first-order valence-electron chi connectivity index (χ1n) is 19.9. The molecule has 6 aromatic rings. The molecule has 0 radical (unpaired) electrons. The lowest BCUT2D eigenvalue weighted by molar-refractivity contribution is 0.405. The molecule has 1 heteroatoms. The average molecular weight is 658 g/mol. The number of rotatable bonds is 14. The second-order valence-corrected chi connectivity index (χ2v) is 15.8. The lowest BCUT2D eigenvalue weighted by Crippen LogP contribution is -2.25. The van der Waals surface area contributed by atoms with Crippen LogP contribution in [0.3, 0.4) is 0 Å². The minimum Gasteiger partial charge on any atom is -0.340 e. The first-order valence-corrected chi connectivity index (χ1v) is 19.9. The molecule has 0 N–H and O–H groups in total. The van der Waals surface area contributed by atoms with Crippen LogP contribution in [-0.2, 0) is 31.2 Å². The van der Waals surface area contributed by atoms with E-state index in [9.17, 15) is 0 Å². The second-order valence-electron chi connectivity index (χ2n) is 15.8. The summed E-state index contributed by atoms with van der Waals surface area (Å²) >= 11 is 0. The number of hydrogen-bond donors (Lipinski definition) is 0. The van der Waals surface area contributed by atoms with E-state index in [4.69, 9.17) is 0 Å². The SMILES string of the molecule is CCCCCC1(CCCCC)c2cc(C)ccc2-c2ccc(-c3ccc4c(c3)c3cc(C)ccc3n4CCCCc3ccc4c(c3)CC4)cc21. The van der Waals surface area contributed by atoms with Crippen LogP contribution in [0.5, 0.6) is 0 Å². The van der Waals surface area contributed by atoms with Crippen LogP contribution in [0.15, 0.2) is 91.0 Å². The molecule has 1 nitrogen and oxygen atoms in total. The summed E-state index contributed by atoms with van der Waals surface area (Å²) in [6.07, 6.45) is 16.3. The molecule has 2 aliphatic carbocycles. The van der Waals surface area contributed by atoms with Gasteiger partial charge in [0.15, 0.2) is 0 Å². The van der Waals surface area contributed by atoms with Gasteiger partial charge < -0.3 is 4.57 Å².